The van der Waals surface area contributed by atoms with Crippen molar-refractivity contribution in [2.75, 3.05) is 5.32 Å². The van der Waals surface area contributed by atoms with Gasteiger partial charge in [0.1, 0.15) is 6.54 Å². The molecule has 3 aromatic heterocycles. The Labute approximate surface area is 205 Å². The van der Waals surface area contributed by atoms with Crippen molar-refractivity contribution in [1.29, 1.82) is 0 Å². The Hall–Kier alpha value is -3.78. The molecule has 5 aromatic rings. The molecule has 0 aliphatic rings. The van der Waals surface area contributed by atoms with Crippen LogP contribution in [0.4, 0.5) is 5.69 Å². The van der Waals surface area contributed by atoms with Crippen LogP contribution in [0, 0.1) is 13.8 Å². The van der Waals surface area contributed by atoms with Crippen molar-refractivity contribution in [1.82, 2.24) is 24.5 Å². The molecule has 0 unspecified atom stereocenters. The number of anilines is 1. The minimum Gasteiger partial charge on any atom is -0.324 e. The standard InChI is InChI=1S/C26H23BrN6O/c1-17-4-3-5-20(12-17)23-10-11-28-26-25(23)18(2)31-33(26)16-24(34)30-22-8-6-19(7-9-22)14-32-15-21(27)13-29-32/h3-13,15H,14,16H2,1-2H3,(H,30,34). The molecule has 0 aliphatic carbocycles. The molecule has 1 amide bonds. The van der Waals surface area contributed by atoms with Crippen molar-refractivity contribution in [3.63, 3.8) is 0 Å². The summed E-state index contributed by atoms with van der Waals surface area (Å²) in [5.41, 5.74) is 6.75. The molecule has 0 saturated heterocycles. The highest BCUT2D eigenvalue weighted by Gasteiger charge is 2.16. The maximum atomic E-state index is 12.8. The van der Waals surface area contributed by atoms with E-state index in [1.54, 1.807) is 17.1 Å². The van der Waals surface area contributed by atoms with Gasteiger partial charge in [-0.3, -0.25) is 9.48 Å². The maximum Gasteiger partial charge on any atom is 0.246 e. The summed E-state index contributed by atoms with van der Waals surface area (Å²) in [5, 5.41) is 12.8. The number of halogens is 1. The highest BCUT2D eigenvalue weighted by atomic mass is 79.9. The average molecular weight is 515 g/mol. The van der Waals surface area contributed by atoms with Gasteiger partial charge in [-0.05, 0) is 64.7 Å². The predicted molar refractivity (Wildman–Crippen MR) is 137 cm³/mol. The number of hydrogen-bond acceptors (Lipinski definition) is 4. The Bertz CT molecular complexity index is 1490. The van der Waals surface area contributed by atoms with Crippen LogP contribution in [-0.4, -0.2) is 30.5 Å². The highest BCUT2D eigenvalue weighted by Crippen LogP contribution is 2.30. The predicted octanol–water partition coefficient (Wildman–Crippen LogP) is 5.36. The number of rotatable bonds is 6. The van der Waals surface area contributed by atoms with Crippen LogP contribution in [0.25, 0.3) is 22.2 Å². The van der Waals surface area contributed by atoms with E-state index in [0.29, 0.717) is 12.2 Å². The third-order valence-corrected chi connectivity index (χ3v) is 6.02. The van der Waals surface area contributed by atoms with Gasteiger partial charge < -0.3 is 5.32 Å². The van der Waals surface area contributed by atoms with Crippen molar-refractivity contribution in [3.8, 4) is 11.1 Å². The molecule has 170 valence electrons. The van der Waals surface area contributed by atoms with Gasteiger partial charge in [0.05, 0.1) is 22.9 Å². The van der Waals surface area contributed by atoms with Crippen molar-refractivity contribution in [3.05, 3.63) is 94.5 Å². The summed E-state index contributed by atoms with van der Waals surface area (Å²) in [6, 6.07) is 18.1. The topological polar surface area (TPSA) is 77.6 Å². The van der Waals surface area contributed by atoms with E-state index in [0.717, 1.165) is 37.9 Å². The lowest BCUT2D eigenvalue weighted by molar-refractivity contribution is -0.116. The second kappa shape index (κ2) is 9.23. The molecule has 3 heterocycles. The van der Waals surface area contributed by atoms with Gasteiger partial charge in [0.25, 0.3) is 0 Å². The SMILES string of the molecule is Cc1cccc(-c2ccnc3c2c(C)nn3CC(=O)Nc2ccc(Cn3cc(Br)cn3)cc2)c1. The van der Waals surface area contributed by atoms with Crippen LogP contribution in [0.2, 0.25) is 0 Å². The summed E-state index contributed by atoms with van der Waals surface area (Å²) in [7, 11) is 0. The summed E-state index contributed by atoms with van der Waals surface area (Å²) in [5.74, 6) is -0.157. The molecule has 0 fully saturated rings. The number of pyridine rings is 1. The summed E-state index contributed by atoms with van der Waals surface area (Å²) in [6.07, 6.45) is 5.45. The van der Waals surface area contributed by atoms with Crippen molar-refractivity contribution >= 4 is 38.6 Å². The highest BCUT2D eigenvalue weighted by molar-refractivity contribution is 9.10. The smallest absolute Gasteiger partial charge is 0.246 e. The first-order valence-electron chi connectivity index (χ1n) is 10.9. The first kappa shape index (κ1) is 22.0. The molecule has 0 spiro atoms. The van der Waals surface area contributed by atoms with E-state index in [1.165, 1.54) is 5.56 Å². The first-order chi connectivity index (χ1) is 16.5. The van der Waals surface area contributed by atoms with Crippen LogP contribution in [0.3, 0.4) is 0 Å². The van der Waals surface area contributed by atoms with Gasteiger partial charge in [0.15, 0.2) is 5.65 Å². The van der Waals surface area contributed by atoms with E-state index in [4.69, 9.17) is 0 Å². The van der Waals surface area contributed by atoms with E-state index in [9.17, 15) is 4.79 Å². The second-order valence-electron chi connectivity index (χ2n) is 8.27. The average Bonchev–Trinajstić information content (AvgIpc) is 3.37. The van der Waals surface area contributed by atoms with Gasteiger partial charge >= 0.3 is 0 Å². The molecular formula is C26H23BrN6O. The van der Waals surface area contributed by atoms with E-state index in [-0.39, 0.29) is 12.5 Å². The number of hydrogen-bond donors (Lipinski definition) is 1. The Balaban J connectivity index is 1.32. The Kier molecular flexibility index (Phi) is 5.98. The van der Waals surface area contributed by atoms with Gasteiger partial charge in [-0.25, -0.2) is 9.67 Å². The molecule has 0 bridgehead atoms. The molecule has 7 nitrogen and oxygen atoms in total. The van der Waals surface area contributed by atoms with E-state index in [1.807, 2.05) is 54.2 Å². The van der Waals surface area contributed by atoms with Crippen molar-refractivity contribution in [2.45, 2.75) is 26.9 Å². The molecule has 2 aromatic carbocycles. The third kappa shape index (κ3) is 4.63. The van der Waals surface area contributed by atoms with Gasteiger partial charge in [0, 0.05) is 23.5 Å². The minimum absolute atomic E-state index is 0.0810. The quantitative estimate of drug-likeness (QED) is 0.330. The molecule has 0 saturated carbocycles. The number of amides is 1. The normalized spacial score (nSPS) is 11.1. The molecule has 34 heavy (non-hydrogen) atoms. The van der Waals surface area contributed by atoms with E-state index < -0.39 is 0 Å². The molecule has 8 heteroatoms. The number of fused-ring (bicyclic) bond motifs is 1. The molecule has 5 rings (SSSR count). The lowest BCUT2D eigenvalue weighted by Gasteiger charge is -2.08. The summed E-state index contributed by atoms with van der Waals surface area (Å²) in [4.78, 5) is 17.3. The minimum atomic E-state index is -0.157. The lowest BCUT2D eigenvalue weighted by atomic mass is 10.0. The number of aryl methyl sites for hydroxylation is 2. The number of carbonyl (C=O) groups is 1. The summed E-state index contributed by atoms with van der Waals surface area (Å²) >= 11 is 3.40. The fourth-order valence-electron chi connectivity index (χ4n) is 4.09. The monoisotopic (exact) mass is 514 g/mol. The Morgan fingerprint density at radius 2 is 1.91 bits per heavy atom. The molecule has 1 N–H and O–H groups in total. The van der Waals surface area contributed by atoms with Crippen LogP contribution in [0.15, 0.2) is 77.7 Å². The van der Waals surface area contributed by atoms with Gasteiger partial charge in [-0.1, -0.05) is 42.0 Å². The number of benzene rings is 2. The van der Waals surface area contributed by atoms with Crippen LogP contribution >= 0.6 is 15.9 Å². The third-order valence-electron chi connectivity index (χ3n) is 5.61. The first-order valence-corrected chi connectivity index (χ1v) is 11.7. The molecule has 0 radical (unpaired) electrons. The summed E-state index contributed by atoms with van der Waals surface area (Å²) in [6.45, 7) is 4.77. The fourth-order valence-corrected chi connectivity index (χ4v) is 4.41. The molecular weight excluding hydrogens is 492 g/mol. The number of aromatic nitrogens is 5. The Morgan fingerprint density at radius 1 is 1.09 bits per heavy atom. The lowest BCUT2D eigenvalue weighted by Crippen LogP contribution is -2.19. The van der Waals surface area contributed by atoms with Gasteiger partial charge in [-0.2, -0.15) is 10.2 Å². The summed E-state index contributed by atoms with van der Waals surface area (Å²) < 4.78 is 4.46. The van der Waals surface area contributed by atoms with Crippen molar-refractivity contribution < 1.29 is 4.79 Å². The maximum absolute atomic E-state index is 12.8. The zero-order valence-electron chi connectivity index (χ0n) is 18.9. The van der Waals surface area contributed by atoms with Gasteiger partial charge in [-0.15, -0.1) is 0 Å². The number of nitrogens with zero attached hydrogens (tertiary/aromatic N) is 5. The van der Waals surface area contributed by atoms with Gasteiger partial charge in [0.2, 0.25) is 5.91 Å². The van der Waals surface area contributed by atoms with Crippen LogP contribution in [0.5, 0.6) is 0 Å². The van der Waals surface area contributed by atoms with E-state index >= 15 is 0 Å². The largest absolute Gasteiger partial charge is 0.324 e. The zero-order valence-corrected chi connectivity index (χ0v) is 20.5. The Morgan fingerprint density at radius 3 is 2.65 bits per heavy atom. The zero-order chi connectivity index (χ0) is 23.7. The van der Waals surface area contributed by atoms with E-state index in [2.05, 4.69) is 61.6 Å². The van der Waals surface area contributed by atoms with Crippen LogP contribution < -0.4 is 5.32 Å². The van der Waals surface area contributed by atoms with Crippen LogP contribution in [-0.2, 0) is 17.9 Å². The number of carbonyl (C=O) groups excluding carboxylic acids is 1. The second-order valence-corrected chi connectivity index (χ2v) is 9.19. The molecule has 0 atom stereocenters. The fraction of sp³-hybridized carbons (Fsp3) is 0.154. The molecule has 0 aliphatic heterocycles. The van der Waals surface area contributed by atoms with Crippen molar-refractivity contribution in [2.24, 2.45) is 0 Å². The number of nitrogens with one attached hydrogen (secondary N) is 1. The van der Waals surface area contributed by atoms with Crippen LogP contribution in [0.1, 0.15) is 16.8 Å².